The van der Waals surface area contributed by atoms with Crippen molar-refractivity contribution in [3.63, 3.8) is 0 Å². The van der Waals surface area contributed by atoms with Gasteiger partial charge in [-0.3, -0.25) is 4.79 Å². The summed E-state index contributed by atoms with van der Waals surface area (Å²) in [6.45, 7) is 9.66. The molecule has 0 bridgehead atoms. The summed E-state index contributed by atoms with van der Waals surface area (Å²) in [4.78, 5) is 26.4. The summed E-state index contributed by atoms with van der Waals surface area (Å²) in [5, 5.41) is 11.8. The normalized spacial score (nSPS) is 18.0. The highest BCUT2D eigenvalue weighted by Crippen LogP contribution is 2.16. The molecule has 2 N–H and O–H groups in total. The van der Waals surface area contributed by atoms with E-state index in [1.165, 1.54) is 24.3 Å². The van der Waals surface area contributed by atoms with Crippen LogP contribution in [0.5, 0.6) is 0 Å². The van der Waals surface area contributed by atoms with Crippen LogP contribution in [0.15, 0.2) is 39.9 Å². The molecule has 110 valence electrons. The average molecular weight is 296 g/mol. The van der Waals surface area contributed by atoms with Crippen LogP contribution in [-0.2, 0) is 9.59 Å². The minimum absolute atomic E-state index is 0.299. The number of allylic oxidation sites excluding steroid dienone is 1. The highest BCUT2D eigenvalue weighted by Gasteiger charge is 2.25. The molecule has 6 heteroatoms. The molecular formula is C14H20N2O3S. The van der Waals surface area contributed by atoms with E-state index in [4.69, 9.17) is 5.11 Å². The molecule has 5 nitrogen and oxygen atoms in total. The van der Waals surface area contributed by atoms with E-state index in [0.717, 1.165) is 0 Å². The standard InChI is InChI=1S/C11H12N2O3S.C3H8/c1-4-7-5-8(11(15)16)10(14)13-9(7)12-6(2)17-3;1-3-2/h4-5H,2H2,1,3H3,(H,15,16)(H,12,13,14);3H2,1-2H3/b7-4-;. The van der Waals surface area contributed by atoms with Crippen LogP contribution in [0.1, 0.15) is 27.2 Å². The van der Waals surface area contributed by atoms with E-state index in [0.29, 0.717) is 16.4 Å². The first-order valence-corrected chi connectivity index (χ1v) is 7.38. The Hall–Kier alpha value is -1.82. The van der Waals surface area contributed by atoms with Crippen molar-refractivity contribution < 1.29 is 14.7 Å². The number of hydrogen-bond donors (Lipinski definition) is 2. The zero-order valence-electron chi connectivity index (χ0n) is 12.2. The Labute approximate surface area is 123 Å². The number of amidine groups is 1. The fourth-order valence-electron chi connectivity index (χ4n) is 1.18. The zero-order valence-corrected chi connectivity index (χ0v) is 13.0. The third-order valence-electron chi connectivity index (χ3n) is 2.06. The second-order valence-corrected chi connectivity index (χ2v) is 4.71. The van der Waals surface area contributed by atoms with Crippen molar-refractivity contribution >= 4 is 29.5 Å². The summed E-state index contributed by atoms with van der Waals surface area (Å²) in [7, 11) is 0. The minimum atomic E-state index is -1.26. The molecule has 1 amide bonds. The molecule has 1 rings (SSSR count). The largest absolute Gasteiger partial charge is 0.477 e. The summed E-state index contributed by atoms with van der Waals surface area (Å²) in [6.07, 6.45) is 6.04. The first kappa shape index (κ1) is 18.2. The number of carbonyl (C=O) groups is 2. The second kappa shape index (κ2) is 9.14. The number of amides is 1. The lowest BCUT2D eigenvalue weighted by Crippen LogP contribution is -2.38. The predicted molar refractivity (Wildman–Crippen MR) is 83.7 cm³/mol. The summed E-state index contributed by atoms with van der Waals surface area (Å²) in [5.41, 5.74) is 0.254. The molecule has 20 heavy (non-hydrogen) atoms. The van der Waals surface area contributed by atoms with Crippen LogP contribution in [0.25, 0.3) is 0 Å². The number of rotatable bonds is 3. The Morgan fingerprint density at radius 1 is 1.55 bits per heavy atom. The molecule has 0 saturated heterocycles. The summed E-state index contributed by atoms with van der Waals surface area (Å²) in [6, 6.07) is 0. The van der Waals surface area contributed by atoms with Gasteiger partial charge in [-0.15, -0.1) is 11.8 Å². The first-order valence-electron chi connectivity index (χ1n) is 6.15. The maximum atomic E-state index is 11.5. The third-order valence-corrected chi connectivity index (χ3v) is 2.63. The zero-order chi connectivity index (χ0) is 15.7. The Morgan fingerprint density at radius 2 is 2.10 bits per heavy atom. The van der Waals surface area contributed by atoms with Crippen molar-refractivity contribution in [3.8, 4) is 0 Å². The SMILES string of the molecule is C=C(/N=C1/NC(=O)C(C(=O)O)=C/C1=C/C)SC.CCC. The van der Waals surface area contributed by atoms with Crippen molar-refractivity contribution in [2.45, 2.75) is 27.2 Å². The molecule has 0 atom stereocenters. The van der Waals surface area contributed by atoms with E-state index in [9.17, 15) is 9.59 Å². The molecule has 1 aliphatic heterocycles. The maximum absolute atomic E-state index is 11.5. The van der Waals surface area contributed by atoms with Crippen LogP contribution in [0, 0.1) is 0 Å². The molecule has 0 aliphatic carbocycles. The second-order valence-electron chi connectivity index (χ2n) is 3.83. The van der Waals surface area contributed by atoms with Crippen LogP contribution in [-0.4, -0.2) is 29.1 Å². The molecule has 0 radical (unpaired) electrons. The Morgan fingerprint density at radius 3 is 2.50 bits per heavy atom. The van der Waals surface area contributed by atoms with Gasteiger partial charge in [0, 0.05) is 5.57 Å². The molecule has 1 aliphatic rings. The van der Waals surface area contributed by atoms with Crippen LogP contribution in [0.3, 0.4) is 0 Å². The van der Waals surface area contributed by atoms with Gasteiger partial charge in [-0.1, -0.05) is 32.9 Å². The molecule has 0 fully saturated rings. The van der Waals surface area contributed by atoms with Gasteiger partial charge >= 0.3 is 5.97 Å². The molecule has 0 spiro atoms. The molecule has 0 saturated carbocycles. The van der Waals surface area contributed by atoms with E-state index in [1.54, 1.807) is 13.0 Å². The number of aliphatic imine (C=N–C) groups is 1. The van der Waals surface area contributed by atoms with Crippen molar-refractivity contribution in [2.75, 3.05) is 6.26 Å². The summed E-state index contributed by atoms with van der Waals surface area (Å²) >= 11 is 1.34. The average Bonchev–Trinajstić information content (AvgIpc) is 2.39. The van der Waals surface area contributed by atoms with Crippen LogP contribution < -0.4 is 5.32 Å². The van der Waals surface area contributed by atoms with Gasteiger partial charge in [-0.2, -0.15) is 0 Å². The summed E-state index contributed by atoms with van der Waals surface area (Å²) < 4.78 is 0. The van der Waals surface area contributed by atoms with Crippen LogP contribution in [0.2, 0.25) is 0 Å². The monoisotopic (exact) mass is 296 g/mol. The molecule has 1 heterocycles. The number of thioether (sulfide) groups is 1. The number of nitrogens with zero attached hydrogens (tertiary/aromatic N) is 1. The fourth-order valence-corrected chi connectivity index (χ4v) is 1.36. The quantitative estimate of drug-likeness (QED) is 0.785. The Balaban J connectivity index is 0.00000110. The number of carbonyl (C=O) groups excluding carboxylic acids is 1. The van der Waals surface area contributed by atoms with Crippen molar-refractivity contribution in [1.29, 1.82) is 0 Å². The van der Waals surface area contributed by atoms with Gasteiger partial charge in [-0.05, 0) is 19.3 Å². The van der Waals surface area contributed by atoms with Gasteiger partial charge in [0.2, 0.25) is 0 Å². The molecule has 0 aromatic rings. The maximum Gasteiger partial charge on any atom is 0.341 e. The van der Waals surface area contributed by atoms with E-state index in [1.807, 2.05) is 6.26 Å². The number of nitrogens with one attached hydrogen (secondary N) is 1. The third kappa shape index (κ3) is 5.44. The number of aliphatic carboxylic acids is 1. The predicted octanol–water partition coefficient (Wildman–Crippen LogP) is 2.72. The molecular weight excluding hydrogens is 276 g/mol. The minimum Gasteiger partial charge on any atom is -0.477 e. The van der Waals surface area contributed by atoms with Crippen molar-refractivity contribution in [3.05, 3.63) is 34.9 Å². The van der Waals surface area contributed by atoms with Gasteiger partial charge in [0.25, 0.3) is 5.91 Å². The molecule has 0 unspecified atom stereocenters. The highest BCUT2D eigenvalue weighted by molar-refractivity contribution is 8.02. The molecule has 0 aromatic carbocycles. The first-order chi connectivity index (χ1) is 9.40. The number of hydrogen-bond acceptors (Lipinski definition) is 4. The van der Waals surface area contributed by atoms with E-state index in [2.05, 4.69) is 30.7 Å². The topological polar surface area (TPSA) is 78.8 Å². The lowest BCUT2D eigenvalue weighted by Gasteiger charge is -2.16. The number of carboxylic acids is 1. The summed E-state index contributed by atoms with van der Waals surface area (Å²) in [5.74, 6) is -1.61. The lowest BCUT2D eigenvalue weighted by atomic mass is 10.1. The van der Waals surface area contributed by atoms with Gasteiger partial charge in [0.15, 0.2) is 0 Å². The number of carboxylic acid groups (broad SMARTS) is 1. The van der Waals surface area contributed by atoms with Gasteiger partial charge in [-0.25, -0.2) is 9.79 Å². The van der Waals surface area contributed by atoms with E-state index in [-0.39, 0.29) is 5.57 Å². The smallest absolute Gasteiger partial charge is 0.341 e. The van der Waals surface area contributed by atoms with Crippen LogP contribution in [0.4, 0.5) is 0 Å². The van der Waals surface area contributed by atoms with Crippen molar-refractivity contribution in [1.82, 2.24) is 5.32 Å². The Kier molecular flexibility index (Phi) is 8.31. The van der Waals surface area contributed by atoms with Gasteiger partial charge in [0.05, 0.1) is 5.03 Å². The molecule has 0 aromatic heterocycles. The fraction of sp³-hybridized carbons (Fsp3) is 0.357. The van der Waals surface area contributed by atoms with E-state index < -0.39 is 11.9 Å². The highest BCUT2D eigenvalue weighted by atomic mass is 32.2. The van der Waals surface area contributed by atoms with Crippen molar-refractivity contribution in [2.24, 2.45) is 4.99 Å². The van der Waals surface area contributed by atoms with Gasteiger partial charge in [0.1, 0.15) is 11.4 Å². The van der Waals surface area contributed by atoms with E-state index >= 15 is 0 Å². The Bertz CT molecular complexity index is 491. The van der Waals surface area contributed by atoms with Crippen LogP contribution >= 0.6 is 11.8 Å². The lowest BCUT2D eigenvalue weighted by molar-refractivity contribution is -0.134. The van der Waals surface area contributed by atoms with Gasteiger partial charge < -0.3 is 10.4 Å².